The third-order valence-corrected chi connectivity index (χ3v) is 1.91. The minimum absolute atomic E-state index is 0.430. The lowest BCUT2D eigenvalue weighted by Gasteiger charge is -2.04. The summed E-state index contributed by atoms with van der Waals surface area (Å²) in [6.45, 7) is 2.53. The summed E-state index contributed by atoms with van der Waals surface area (Å²) in [7, 11) is 0. The predicted octanol–water partition coefficient (Wildman–Crippen LogP) is 3.39. The van der Waals surface area contributed by atoms with Crippen molar-refractivity contribution in [1.82, 2.24) is 0 Å². The number of hydrogen-bond acceptors (Lipinski definition) is 3. The Bertz CT molecular complexity index is 282. The van der Waals surface area contributed by atoms with E-state index >= 15 is 0 Å². The van der Waals surface area contributed by atoms with E-state index in [0.717, 1.165) is 19.3 Å². The van der Waals surface area contributed by atoms with Gasteiger partial charge in [0, 0.05) is 0 Å². The maximum Gasteiger partial charge on any atom is 0.513 e. The standard InChI is InChI=1S/C12H16O3/c1-2-3-7-10-14-12(13)15-11-8-5-4-6-9-11/h4-6,8-9H,2-3,7,10H2,1H3. The van der Waals surface area contributed by atoms with Crippen LogP contribution < -0.4 is 4.74 Å². The Morgan fingerprint density at radius 2 is 1.93 bits per heavy atom. The molecule has 0 aromatic heterocycles. The van der Waals surface area contributed by atoms with Gasteiger partial charge in [0.15, 0.2) is 0 Å². The second-order valence-electron chi connectivity index (χ2n) is 3.22. The fraction of sp³-hybridized carbons (Fsp3) is 0.417. The first kappa shape index (κ1) is 11.6. The zero-order valence-electron chi connectivity index (χ0n) is 8.94. The number of ether oxygens (including phenoxy) is 2. The summed E-state index contributed by atoms with van der Waals surface area (Å²) in [5, 5.41) is 0. The maximum atomic E-state index is 11.1. The van der Waals surface area contributed by atoms with E-state index in [4.69, 9.17) is 9.47 Å². The average Bonchev–Trinajstić information content (AvgIpc) is 2.26. The van der Waals surface area contributed by atoms with Gasteiger partial charge in [-0.3, -0.25) is 0 Å². The number of para-hydroxylation sites is 1. The van der Waals surface area contributed by atoms with E-state index < -0.39 is 6.16 Å². The van der Waals surface area contributed by atoms with Crippen molar-refractivity contribution in [3.63, 3.8) is 0 Å². The minimum Gasteiger partial charge on any atom is -0.434 e. The lowest BCUT2D eigenvalue weighted by atomic mass is 10.3. The second kappa shape index (κ2) is 6.87. The lowest BCUT2D eigenvalue weighted by molar-refractivity contribution is 0.0974. The van der Waals surface area contributed by atoms with Gasteiger partial charge in [-0.05, 0) is 18.6 Å². The van der Waals surface area contributed by atoms with Crippen LogP contribution in [0.1, 0.15) is 26.2 Å². The van der Waals surface area contributed by atoms with Crippen LogP contribution in [0.2, 0.25) is 0 Å². The zero-order chi connectivity index (χ0) is 10.9. The largest absolute Gasteiger partial charge is 0.513 e. The van der Waals surface area contributed by atoms with Gasteiger partial charge in [0.05, 0.1) is 6.61 Å². The van der Waals surface area contributed by atoms with E-state index in [1.807, 2.05) is 6.07 Å². The van der Waals surface area contributed by atoms with E-state index in [-0.39, 0.29) is 0 Å². The van der Waals surface area contributed by atoms with Crippen molar-refractivity contribution in [2.24, 2.45) is 0 Å². The Hall–Kier alpha value is -1.51. The van der Waals surface area contributed by atoms with Gasteiger partial charge in [0.2, 0.25) is 0 Å². The Kier molecular flexibility index (Phi) is 5.30. The summed E-state index contributed by atoms with van der Waals surface area (Å²) in [6.07, 6.45) is 2.44. The number of carbonyl (C=O) groups is 1. The fourth-order valence-electron chi connectivity index (χ4n) is 1.12. The van der Waals surface area contributed by atoms with Crippen molar-refractivity contribution in [1.29, 1.82) is 0 Å². The van der Waals surface area contributed by atoms with Crippen molar-refractivity contribution in [2.45, 2.75) is 26.2 Å². The number of unbranched alkanes of at least 4 members (excludes halogenated alkanes) is 2. The molecule has 0 saturated carbocycles. The van der Waals surface area contributed by atoms with Gasteiger partial charge in [0.1, 0.15) is 5.75 Å². The van der Waals surface area contributed by atoms with Gasteiger partial charge in [-0.15, -0.1) is 0 Å². The SMILES string of the molecule is CCCCCOC(=O)Oc1ccccc1. The van der Waals surface area contributed by atoms with Crippen LogP contribution in [0, 0.1) is 0 Å². The van der Waals surface area contributed by atoms with E-state index in [2.05, 4.69) is 6.92 Å². The molecule has 0 aliphatic carbocycles. The highest BCUT2D eigenvalue weighted by atomic mass is 16.7. The molecule has 0 fully saturated rings. The Morgan fingerprint density at radius 3 is 2.60 bits per heavy atom. The first-order valence-corrected chi connectivity index (χ1v) is 5.22. The zero-order valence-corrected chi connectivity index (χ0v) is 8.94. The van der Waals surface area contributed by atoms with Crippen LogP contribution in [0.15, 0.2) is 30.3 Å². The van der Waals surface area contributed by atoms with Gasteiger partial charge < -0.3 is 9.47 Å². The molecule has 82 valence electrons. The fourth-order valence-corrected chi connectivity index (χ4v) is 1.12. The Morgan fingerprint density at radius 1 is 1.20 bits per heavy atom. The summed E-state index contributed by atoms with van der Waals surface area (Å²) < 4.78 is 9.82. The number of benzene rings is 1. The van der Waals surface area contributed by atoms with Crippen LogP contribution in [-0.4, -0.2) is 12.8 Å². The monoisotopic (exact) mass is 208 g/mol. The number of hydrogen-bond donors (Lipinski definition) is 0. The molecule has 15 heavy (non-hydrogen) atoms. The molecule has 0 bridgehead atoms. The van der Waals surface area contributed by atoms with Gasteiger partial charge in [-0.2, -0.15) is 0 Å². The van der Waals surface area contributed by atoms with Gasteiger partial charge in [0.25, 0.3) is 0 Å². The summed E-state index contributed by atoms with van der Waals surface area (Å²) in [5.74, 6) is 0.512. The molecule has 3 heteroatoms. The van der Waals surface area contributed by atoms with E-state index in [9.17, 15) is 4.79 Å². The van der Waals surface area contributed by atoms with E-state index in [0.29, 0.717) is 12.4 Å². The van der Waals surface area contributed by atoms with Crippen LogP contribution in [-0.2, 0) is 4.74 Å². The van der Waals surface area contributed by atoms with Gasteiger partial charge in [-0.25, -0.2) is 4.79 Å². The normalized spacial score (nSPS) is 9.67. The number of carbonyl (C=O) groups excluding carboxylic acids is 1. The molecule has 0 aliphatic heterocycles. The highest BCUT2D eigenvalue weighted by Gasteiger charge is 2.04. The molecule has 0 atom stereocenters. The second-order valence-corrected chi connectivity index (χ2v) is 3.22. The lowest BCUT2D eigenvalue weighted by Crippen LogP contribution is -2.11. The highest BCUT2D eigenvalue weighted by molar-refractivity contribution is 5.63. The predicted molar refractivity (Wildman–Crippen MR) is 57.9 cm³/mol. The van der Waals surface area contributed by atoms with Crippen molar-refractivity contribution in [2.75, 3.05) is 6.61 Å². The molecule has 1 aromatic carbocycles. The molecule has 0 amide bonds. The summed E-state index contributed by atoms with van der Waals surface area (Å²) >= 11 is 0. The van der Waals surface area contributed by atoms with Crippen LogP contribution in [0.25, 0.3) is 0 Å². The van der Waals surface area contributed by atoms with Crippen molar-refractivity contribution >= 4 is 6.16 Å². The first-order valence-electron chi connectivity index (χ1n) is 5.22. The van der Waals surface area contributed by atoms with E-state index in [1.165, 1.54) is 0 Å². The van der Waals surface area contributed by atoms with Crippen LogP contribution in [0.3, 0.4) is 0 Å². The van der Waals surface area contributed by atoms with Gasteiger partial charge in [-0.1, -0.05) is 38.0 Å². The molecule has 0 aliphatic rings. The smallest absolute Gasteiger partial charge is 0.434 e. The van der Waals surface area contributed by atoms with Crippen LogP contribution >= 0.6 is 0 Å². The molecule has 0 heterocycles. The Balaban J connectivity index is 2.19. The minimum atomic E-state index is -0.627. The van der Waals surface area contributed by atoms with Crippen LogP contribution in [0.5, 0.6) is 5.75 Å². The molecular formula is C12H16O3. The van der Waals surface area contributed by atoms with E-state index in [1.54, 1.807) is 24.3 Å². The molecule has 1 aromatic rings. The third kappa shape index (κ3) is 5.05. The van der Waals surface area contributed by atoms with Gasteiger partial charge >= 0.3 is 6.16 Å². The molecule has 0 unspecified atom stereocenters. The quantitative estimate of drug-likeness (QED) is 0.422. The molecule has 0 spiro atoms. The molecule has 1 rings (SSSR count). The molecule has 0 N–H and O–H groups in total. The third-order valence-electron chi connectivity index (χ3n) is 1.91. The van der Waals surface area contributed by atoms with Crippen molar-refractivity contribution < 1.29 is 14.3 Å². The molecule has 3 nitrogen and oxygen atoms in total. The summed E-state index contributed by atoms with van der Waals surface area (Å²) in [5.41, 5.74) is 0. The first-order chi connectivity index (χ1) is 7.33. The highest BCUT2D eigenvalue weighted by Crippen LogP contribution is 2.09. The Labute approximate surface area is 90.0 Å². The van der Waals surface area contributed by atoms with Crippen molar-refractivity contribution in [3.05, 3.63) is 30.3 Å². The topological polar surface area (TPSA) is 35.5 Å². The summed E-state index contributed by atoms with van der Waals surface area (Å²) in [4.78, 5) is 11.1. The number of rotatable bonds is 5. The maximum absolute atomic E-state index is 11.1. The van der Waals surface area contributed by atoms with Crippen LogP contribution in [0.4, 0.5) is 4.79 Å². The average molecular weight is 208 g/mol. The van der Waals surface area contributed by atoms with Crippen molar-refractivity contribution in [3.8, 4) is 5.75 Å². The summed E-state index contributed by atoms with van der Waals surface area (Å²) in [6, 6.07) is 8.90. The molecular weight excluding hydrogens is 192 g/mol. The molecule has 0 radical (unpaired) electrons. The molecule has 0 saturated heterocycles.